The first-order valence-corrected chi connectivity index (χ1v) is 19.3. The van der Waals surface area contributed by atoms with Crippen LogP contribution >= 0.6 is 23.1 Å². The van der Waals surface area contributed by atoms with E-state index in [0.717, 1.165) is 35.3 Å². The van der Waals surface area contributed by atoms with E-state index in [1.165, 1.54) is 50.5 Å². The Kier molecular flexibility index (Phi) is 12.7. The number of thioether (sulfide) groups is 1. The molecular formula is C43H41N3O7S2. The maximum absolute atomic E-state index is 14.2. The molecule has 1 aliphatic carbocycles. The summed E-state index contributed by atoms with van der Waals surface area (Å²) < 4.78 is 16.1. The minimum absolute atomic E-state index is 0.0329. The van der Waals surface area contributed by atoms with Gasteiger partial charge in [0.1, 0.15) is 27.4 Å². The summed E-state index contributed by atoms with van der Waals surface area (Å²) in [6.45, 7) is 2.19. The van der Waals surface area contributed by atoms with E-state index in [0.29, 0.717) is 49.7 Å². The lowest BCUT2D eigenvalue weighted by molar-refractivity contribution is -0.116. The van der Waals surface area contributed by atoms with Crippen molar-refractivity contribution in [3.63, 3.8) is 0 Å². The number of carbonyl (C=O) groups excluding carboxylic acids is 4. The average Bonchev–Trinajstić information content (AvgIpc) is 3.56. The van der Waals surface area contributed by atoms with Gasteiger partial charge in [-0.05, 0) is 90.9 Å². The van der Waals surface area contributed by atoms with Gasteiger partial charge in [-0.25, -0.2) is 4.79 Å². The highest BCUT2D eigenvalue weighted by atomic mass is 32.2. The molecule has 1 aromatic heterocycles. The van der Waals surface area contributed by atoms with Crippen LogP contribution in [0.15, 0.2) is 114 Å². The van der Waals surface area contributed by atoms with Gasteiger partial charge in [0, 0.05) is 26.6 Å². The van der Waals surface area contributed by atoms with Crippen LogP contribution in [0.4, 0.5) is 10.7 Å². The molecule has 0 aliphatic heterocycles. The van der Waals surface area contributed by atoms with Crippen molar-refractivity contribution in [3.8, 4) is 11.5 Å². The minimum atomic E-state index is -0.711. The number of anilines is 2. The Morgan fingerprint density at radius 3 is 2.31 bits per heavy atom. The number of benzene rings is 4. The largest absolute Gasteiger partial charge is 0.497 e. The average molecular weight is 776 g/mol. The highest BCUT2D eigenvalue weighted by molar-refractivity contribution is 8.00. The lowest BCUT2D eigenvalue weighted by Gasteiger charge is -2.18. The van der Waals surface area contributed by atoms with Gasteiger partial charge in [-0.3, -0.25) is 14.4 Å². The summed E-state index contributed by atoms with van der Waals surface area (Å²) >= 11 is 2.74. The first-order chi connectivity index (χ1) is 26.7. The van der Waals surface area contributed by atoms with E-state index in [1.54, 1.807) is 66.7 Å². The molecule has 1 heterocycles. The molecule has 0 saturated heterocycles. The molecule has 55 heavy (non-hydrogen) atoms. The number of methoxy groups -OCH3 is 3. The zero-order valence-electron chi connectivity index (χ0n) is 30.8. The van der Waals surface area contributed by atoms with E-state index in [9.17, 15) is 19.2 Å². The molecule has 0 radical (unpaired) electrons. The summed E-state index contributed by atoms with van der Waals surface area (Å²) in [7, 11) is 4.40. The molecule has 10 nitrogen and oxygen atoms in total. The van der Waals surface area contributed by atoms with Crippen molar-refractivity contribution in [2.45, 2.75) is 36.3 Å². The maximum atomic E-state index is 14.2. The number of esters is 1. The molecule has 4 aromatic carbocycles. The molecule has 282 valence electrons. The molecule has 0 bridgehead atoms. The Morgan fingerprint density at radius 1 is 0.855 bits per heavy atom. The van der Waals surface area contributed by atoms with E-state index in [1.807, 2.05) is 36.4 Å². The molecule has 2 atom stereocenters. The fraction of sp³-hybridized carbons (Fsp3) is 0.209. The van der Waals surface area contributed by atoms with E-state index in [-0.39, 0.29) is 11.6 Å². The Bertz CT molecular complexity index is 2220. The number of rotatable bonds is 13. The fourth-order valence-corrected chi connectivity index (χ4v) is 8.75. The van der Waals surface area contributed by atoms with E-state index < -0.39 is 23.0 Å². The number of fused-ring (bicyclic) bond motifs is 1. The third kappa shape index (κ3) is 9.45. The van der Waals surface area contributed by atoms with Gasteiger partial charge in [-0.1, -0.05) is 61.5 Å². The van der Waals surface area contributed by atoms with Crippen molar-refractivity contribution < 1.29 is 33.4 Å². The van der Waals surface area contributed by atoms with Gasteiger partial charge in [0.25, 0.3) is 11.8 Å². The van der Waals surface area contributed by atoms with Crippen molar-refractivity contribution in [3.05, 3.63) is 142 Å². The van der Waals surface area contributed by atoms with Crippen molar-refractivity contribution in [1.29, 1.82) is 0 Å². The van der Waals surface area contributed by atoms with Crippen LogP contribution in [0.2, 0.25) is 0 Å². The molecular weight excluding hydrogens is 735 g/mol. The summed E-state index contributed by atoms with van der Waals surface area (Å²) in [6, 6.07) is 30.2. The summed E-state index contributed by atoms with van der Waals surface area (Å²) in [6.07, 6.45) is 4.08. The molecule has 0 saturated carbocycles. The van der Waals surface area contributed by atoms with Crippen LogP contribution < -0.4 is 25.4 Å². The third-order valence-corrected chi connectivity index (χ3v) is 11.5. The monoisotopic (exact) mass is 775 g/mol. The van der Waals surface area contributed by atoms with Crippen LogP contribution in [-0.4, -0.2) is 45.0 Å². The summed E-state index contributed by atoms with van der Waals surface area (Å²) in [5, 5.41) is 8.52. The van der Waals surface area contributed by atoms with Crippen molar-refractivity contribution in [2.75, 3.05) is 32.0 Å². The second kappa shape index (κ2) is 18.0. The van der Waals surface area contributed by atoms with Crippen LogP contribution in [0.25, 0.3) is 6.08 Å². The minimum Gasteiger partial charge on any atom is -0.497 e. The van der Waals surface area contributed by atoms with E-state index in [4.69, 9.17) is 14.2 Å². The number of amides is 3. The maximum Gasteiger partial charge on any atom is 0.341 e. The molecule has 0 fully saturated rings. The first-order valence-electron chi connectivity index (χ1n) is 17.6. The van der Waals surface area contributed by atoms with Crippen molar-refractivity contribution >= 4 is 63.6 Å². The highest BCUT2D eigenvalue weighted by Crippen LogP contribution is 2.42. The van der Waals surface area contributed by atoms with Gasteiger partial charge >= 0.3 is 5.97 Å². The Hall–Kier alpha value is -5.85. The third-order valence-electron chi connectivity index (χ3n) is 9.09. The van der Waals surface area contributed by atoms with Gasteiger partial charge in [0.05, 0.1) is 26.9 Å². The predicted octanol–water partition coefficient (Wildman–Crippen LogP) is 8.56. The standard InChI is InChI=1S/C43H41N3O7S2/c1-26-18-20-33-36(22-26)55-42(37(33)43(50)53-4)46-41(49)38(27-12-7-5-8-13-27)54-32-17-11-16-30(25-32)44-40(48)34(45-39(47)28-14-9-6-10-15-28)24-29-23-31(51-2)19-21-35(29)52-3/h5-17,19,21,23-26,38H,18,20,22H2,1-4H3,(H,44,48)(H,45,47)(H,46,49)/b34-24+. The summed E-state index contributed by atoms with van der Waals surface area (Å²) in [5.41, 5.74) is 3.43. The number of nitrogens with one attached hydrogen (secondary N) is 3. The molecule has 5 aromatic rings. The van der Waals surface area contributed by atoms with Crippen molar-refractivity contribution in [2.24, 2.45) is 5.92 Å². The Morgan fingerprint density at radius 2 is 1.60 bits per heavy atom. The second-order valence-corrected chi connectivity index (χ2v) is 15.2. The summed E-state index contributed by atoms with van der Waals surface area (Å²) in [4.78, 5) is 56.2. The number of hydrogen-bond donors (Lipinski definition) is 3. The SMILES string of the molecule is COC(=O)c1c(NC(=O)C(Sc2cccc(NC(=O)/C(=C\c3cc(OC)ccc3OC)NC(=O)c3ccccc3)c2)c2ccccc2)sc2c1CCC(C)C2. The zero-order valence-corrected chi connectivity index (χ0v) is 32.5. The molecule has 0 spiro atoms. The quantitative estimate of drug-likeness (QED) is 0.0616. The molecule has 6 rings (SSSR count). The Balaban J connectivity index is 1.27. The van der Waals surface area contributed by atoms with Gasteiger partial charge in [-0.15, -0.1) is 23.1 Å². The van der Waals surface area contributed by atoms with E-state index in [2.05, 4.69) is 22.9 Å². The van der Waals surface area contributed by atoms with Crippen LogP contribution in [-0.2, 0) is 27.2 Å². The smallest absolute Gasteiger partial charge is 0.341 e. The second-order valence-electron chi connectivity index (χ2n) is 12.9. The topological polar surface area (TPSA) is 132 Å². The summed E-state index contributed by atoms with van der Waals surface area (Å²) in [5.74, 6) is -0.327. The molecule has 1 aliphatic rings. The number of thiophene rings is 1. The number of carbonyl (C=O) groups is 4. The van der Waals surface area contributed by atoms with Crippen LogP contribution in [0.3, 0.4) is 0 Å². The van der Waals surface area contributed by atoms with Gasteiger partial charge in [0.15, 0.2) is 0 Å². The highest BCUT2D eigenvalue weighted by Gasteiger charge is 2.31. The lowest BCUT2D eigenvalue weighted by Crippen LogP contribution is -2.30. The van der Waals surface area contributed by atoms with E-state index >= 15 is 0 Å². The molecule has 2 unspecified atom stereocenters. The van der Waals surface area contributed by atoms with Gasteiger partial charge in [0.2, 0.25) is 5.91 Å². The first kappa shape index (κ1) is 38.9. The van der Waals surface area contributed by atoms with Crippen molar-refractivity contribution in [1.82, 2.24) is 5.32 Å². The fourth-order valence-electron chi connectivity index (χ4n) is 6.27. The molecule has 3 amide bonds. The van der Waals surface area contributed by atoms with Gasteiger partial charge < -0.3 is 30.2 Å². The zero-order chi connectivity index (χ0) is 38.9. The van der Waals surface area contributed by atoms with Crippen LogP contribution in [0, 0.1) is 5.92 Å². The van der Waals surface area contributed by atoms with Crippen LogP contribution in [0.5, 0.6) is 11.5 Å². The van der Waals surface area contributed by atoms with Gasteiger partial charge in [-0.2, -0.15) is 0 Å². The molecule has 12 heteroatoms. The van der Waals surface area contributed by atoms with Crippen LogP contribution in [0.1, 0.15) is 60.9 Å². The lowest BCUT2D eigenvalue weighted by atomic mass is 9.88. The normalized spacial score (nSPS) is 14.2. The predicted molar refractivity (Wildman–Crippen MR) is 217 cm³/mol. The Labute approximate surface area is 328 Å². The molecule has 3 N–H and O–H groups in total. The number of ether oxygens (including phenoxy) is 3. The number of hydrogen-bond acceptors (Lipinski definition) is 9.